The van der Waals surface area contributed by atoms with Crippen LogP contribution < -0.4 is 4.74 Å². The number of aromatic nitrogens is 1. The maximum atomic E-state index is 12.8. The van der Waals surface area contributed by atoms with Crippen LogP contribution in [0.2, 0.25) is 0 Å². The molecule has 0 bridgehead atoms. The van der Waals surface area contributed by atoms with E-state index in [1.807, 2.05) is 41.1 Å². The molecule has 29 heavy (non-hydrogen) atoms. The Bertz CT molecular complexity index is 1020. The van der Waals surface area contributed by atoms with E-state index >= 15 is 0 Å². The third-order valence-electron chi connectivity index (χ3n) is 4.47. The lowest BCUT2D eigenvalue weighted by Crippen LogP contribution is -2.09. The molecule has 0 saturated carbocycles. The summed E-state index contributed by atoms with van der Waals surface area (Å²) in [6.07, 6.45) is 5.65. The first-order valence-electron chi connectivity index (χ1n) is 9.40. The molecular formula is C24H23NO4. The summed E-state index contributed by atoms with van der Waals surface area (Å²) in [5.74, 6) is 0.308. The maximum Gasteiger partial charge on any atom is 0.338 e. The minimum Gasteiger partial charge on any atom is -0.497 e. The minimum absolute atomic E-state index is 0.0574. The molecule has 0 amide bonds. The highest BCUT2D eigenvalue weighted by Crippen LogP contribution is 2.17. The van der Waals surface area contributed by atoms with Gasteiger partial charge in [0.15, 0.2) is 0 Å². The molecule has 0 spiro atoms. The fourth-order valence-electron chi connectivity index (χ4n) is 3.00. The van der Waals surface area contributed by atoms with E-state index in [1.54, 1.807) is 56.5 Å². The fourth-order valence-corrected chi connectivity index (χ4v) is 3.00. The molecule has 1 heterocycles. The molecule has 0 saturated heterocycles. The highest BCUT2D eigenvalue weighted by atomic mass is 16.5. The van der Waals surface area contributed by atoms with Gasteiger partial charge in [-0.3, -0.25) is 4.79 Å². The van der Waals surface area contributed by atoms with Crippen molar-refractivity contribution in [3.63, 3.8) is 0 Å². The number of methoxy groups -OCH3 is 1. The zero-order valence-electron chi connectivity index (χ0n) is 16.5. The average Bonchev–Trinajstić information content (AvgIpc) is 3.22. The Morgan fingerprint density at radius 2 is 1.76 bits per heavy atom. The highest BCUT2D eigenvalue weighted by molar-refractivity contribution is 6.08. The molecule has 0 aliphatic rings. The predicted octanol–water partition coefficient (Wildman–Crippen LogP) is 4.62. The predicted molar refractivity (Wildman–Crippen MR) is 112 cm³/mol. The summed E-state index contributed by atoms with van der Waals surface area (Å²) in [5.41, 5.74) is 2.50. The zero-order chi connectivity index (χ0) is 20.6. The summed E-state index contributed by atoms with van der Waals surface area (Å²) < 4.78 is 12.1. The number of carbonyl (C=O) groups excluding carboxylic acids is 2. The van der Waals surface area contributed by atoms with Crippen LogP contribution in [0.15, 0.2) is 72.9 Å². The van der Waals surface area contributed by atoms with Crippen LogP contribution >= 0.6 is 0 Å². The lowest BCUT2D eigenvalue weighted by Gasteiger charge is -2.08. The van der Waals surface area contributed by atoms with Gasteiger partial charge in [-0.15, -0.1) is 0 Å². The summed E-state index contributed by atoms with van der Waals surface area (Å²) in [4.78, 5) is 24.9. The second-order valence-electron chi connectivity index (χ2n) is 6.31. The van der Waals surface area contributed by atoms with Crippen molar-refractivity contribution in [1.82, 2.24) is 4.57 Å². The molecular weight excluding hydrogens is 366 g/mol. The molecule has 148 valence electrons. The highest BCUT2D eigenvalue weighted by Gasteiger charge is 2.13. The number of allylic oxidation sites excluding steroid dienone is 1. The van der Waals surface area contributed by atoms with Crippen molar-refractivity contribution in [3.8, 4) is 5.75 Å². The van der Waals surface area contributed by atoms with Gasteiger partial charge >= 0.3 is 5.97 Å². The normalized spacial score (nSPS) is 10.8. The van der Waals surface area contributed by atoms with E-state index in [1.165, 1.54) is 0 Å². The summed E-state index contributed by atoms with van der Waals surface area (Å²) in [6, 6.07) is 18.0. The van der Waals surface area contributed by atoms with Gasteiger partial charge in [-0.2, -0.15) is 0 Å². The van der Waals surface area contributed by atoms with Crippen LogP contribution in [-0.4, -0.2) is 30.0 Å². The molecule has 1 aromatic heterocycles. The topological polar surface area (TPSA) is 57.5 Å². The second-order valence-corrected chi connectivity index (χ2v) is 6.31. The van der Waals surface area contributed by atoms with Gasteiger partial charge in [0.05, 0.1) is 25.0 Å². The smallest absolute Gasteiger partial charge is 0.338 e. The van der Waals surface area contributed by atoms with Gasteiger partial charge in [-0.1, -0.05) is 30.4 Å². The number of esters is 1. The van der Waals surface area contributed by atoms with E-state index in [0.29, 0.717) is 35.7 Å². The van der Waals surface area contributed by atoms with Crippen molar-refractivity contribution >= 4 is 17.8 Å². The average molecular weight is 389 g/mol. The molecule has 3 aromatic rings. The van der Waals surface area contributed by atoms with Gasteiger partial charge in [0.1, 0.15) is 5.75 Å². The molecule has 0 radical (unpaired) electrons. The summed E-state index contributed by atoms with van der Waals surface area (Å²) in [6.45, 7) is 2.61. The first kappa shape index (κ1) is 20.1. The molecule has 0 fully saturated rings. The summed E-state index contributed by atoms with van der Waals surface area (Å²) >= 11 is 0. The Morgan fingerprint density at radius 3 is 2.48 bits per heavy atom. The minimum atomic E-state index is -0.343. The molecule has 2 aromatic carbocycles. The molecule has 0 aliphatic heterocycles. The van der Waals surface area contributed by atoms with Gasteiger partial charge < -0.3 is 14.0 Å². The molecule has 3 rings (SSSR count). The summed E-state index contributed by atoms with van der Waals surface area (Å²) in [7, 11) is 1.59. The van der Waals surface area contributed by atoms with E-state index in [9.17, 15) is 9.59 Å². The zero-order valence-corrected chi connectivity index (χ0v) is 16.5. The largest absolute Gasteiger partial charge is 0.497 e. The number of hydrogen-bond acceptors (Lipinski definition) is 4. The molecule has 0 N–H and O–H groups in total. The second kappa shape index (κ2) is 9.55. The number of rotatable bonds is 8. The van der Waals surface area contributed by atoms with Gasteiger partial charge in [0, 0.05) is 18.3 Å². The third kappa shape index (κ3) is 4.82. The van der Waals surface area contributed by atoms with E-state index in [-0.39, 0.29) is 11.8 Å². The SMILES string of the molecule is CCOC(=O)c1ccccc1/C=C/Cn1cccc1C(=O)c1ccc(OC)cc1. The Balaban J connectivity index is 1.75. The van der Waals surface area contributed by atoms with Crippen molar-refractivity contribution in [2.24, 2.45) is 0 Å². The van der Waals surface area contributed by atoms with Crippen LogP contribution in [0.1, 0.15) is 38.9 Å². The van der Waals surface area contributed by atoms with Crippen molar-refractivity contribution in [2.45, 2.75) is 13.5 Å². The molecule has 0 atom stereocenters. The van der Waals surface area contributed by atoms with Crippen LogP contribution in [0.3, 0.4) is 0 Å². The van der Waals surface area contributed by atoms with Crippen LogP contribution in [0.25, 0.3) is 6.08 Å². The molecule has 0 aliphatic carbocycles. The van der Waals surface area contributed by atoms with Crippen LogP contribution in [0.4, 0.5) is 0 Å². The Hall–Kier alpha value is -3.60. The maximum absolute atomic E-state index is 12.8. The van der Waals surface area contributed by atoms with Gasteiger partial charge in [-0.25, -0.2) is 4.79 Å². The Morgan fingerprint density at radius 1 is 1.00 bits per heavy atom. The van der Waals surface area contributed by atoms with Gasteiger partial charge in [0.25, 0.3) is 0 Å². The quantitative estimate of drug-likeness (QED) is 0.417. The summed E-state index contributed by atoms with van der Waals surface area (Å²) in [5, 5.41) is 0. The number of nitrogens with zero attached hydrogens (tertiary/aromatic N) is 1. The van der Waals surface area contributed by atoms with Crippen LogP contribution in [0, 0.1) is 0 Å². The molecule has 0 unspecified atom stereocenters. The number of hydrogen-bond donors (Lipinski definition) is 0. The number of ketones is 1. The first-order chi connectivity index (χ1) is 14.1. The standard InChI is InChI=1S/C24H23NO4/c1-3-29-24(27)21-10-5-4-8-18(21)9-6-16-25-17-7-11-22(25)23(26)19-12-14-20(28-2)15-13-19/h4-15,17H,3,16H2,1-2H3/b9-6+. The lowest BCUT2D eigenvalue weighted by molar-refractivity contribution is 0.0526. The third-order valence-corrected chi connectivity index (χ3v) is 4.47. The van der Waals surface area contributed by atoms with Crippen molar-refractivity contribution in [1.29, 1.82) is 0 Å². The van der Waals surface area contributed by atoms with Crippen LogP contribution in [0.5, 0.6) is 5.75 Å². The molecule has 5 heteroatoms. The van der Waals surface area contributed by atoms with Crippen molar-refractivity contribution in [3.05, 3.63) is 95.3 Å². The van der Waals surface area contributed by atoms with E-state index in [4.69, 9.17) is 9.47 Å². The van der Waals surface area contributed by atoms with Crippen LogP contribution in [-0.2, 0) is 11.3 Å². The Kier molecular flexibility index (Phi) is 6.63. The van der Waals surface area contributed by atoms with Crippen molar-refractivity contribution in [2.75, 3.05) is 13.7 Å². The Labute approximate surface area is 170 Å². The van der Waals surface area contributed by atoms with E-state index < -0.39 is 0 Å². The first-order valence-corrected chi connectivity index (χ1v) is 9.40. The number of benzene rings is 2. The lowest BCUT2D eigenvalue weighted by atomic mass is 10.1. The number of carbonyl (C=O) groups is 2. The van der Waals surface area contributed by atoms with E-state index in [2.05, 4.69) is 0 Å². The monoisotopic (exact) mass is 389 g/mol. The van der Waals surface area contributed by atoms with Gasteiger partial charge in [0.2, 0.25) is 5.78 Å². The number of ether oxygens (including phenoxy) is 2. The molecule has 5 nitrogen and oxygen atoms in total. The van der Waals surface area contributed by atoms with Crippen molar-refractivity contribution < 1.29 is 19.1 Å². The van der Waals surface area contributed by atoms with Gasteiger partial charge in [-0.05, 0) is 55.0 Å². The fraction of sp³-hybridized carbons (Fsp3) is 0.167. The van der Waals surface area contributed by atoms with E-state index in [0.717, 1.165) is 5.56 Å².